The summed E-state index contributed by atoms with van der Waals surface area (Å²) in [6.07, 6.45) is 0.759. The standard InChI is InChI=1S/C19H23N3O/c1-4-17(16-8-6-5-7-9-16)21-22-19(23)13-20-18-11-10-14(2)12-15(18)3/h5-12,20H,4,13H2,1-3H3,(H,22,23). The van der Waals surface area contributed by atoms with Crippen molar-refractivity contribution in [1.29, 1.82) is 0 Å². The Morgan fingerprint density at radius 3 is 2.48 bits per heavy atom. The molecule has 2 rings (SSSR count). The molecular weight excluding hydrogens is 286 g/mol. The molecular formula is C19H23N3O. The molecule has 0 atom stereocenters. The largest absolute Gasteiger partial charge is 0.376 e. The average molecular weight is 309 g/mol. The van der Waals surface area contributed by atoms with Crippen LogP contribution in [0.4, 0.5) is 5.69 Å². The molecule has 0 radical (unpaired) electrons. The summed E-state index contributed by atoms with van der Waals surface area (Å²) in [5.74, 6) is -0.160. The van der Waals surface area contributed by atoms with Gasteiger partial charge in [0.15, 0.2) is 0 Å². The molecule has 2 aromatic rings. The second-order valence-electron chi connectivity index (χ2n) is 5.48. The van der Waals surface area contributed by atoms with Crippen molar-refractivity contribution in [2.24, 2.45) is 5.10 Å². The minimum absolute atomic E-state index is 0.160. The monoisotopic (exact) mass is 309 g/mol. The highest BCUT2D eigenvalue weighted by Gasteiger charge is 2.04. The van der Waals surface area contributed by atoms with E-state index in [1.165, 1.54) is 5.56 Å². The van der Waals surface area contributed by atoms with E-state index in [-0.39, 0.29) is 12.5 Å². The molecule has 0 heterocycles. The zero-order valence-corrected chi connectivity index (χ0v) is 13.9. The van der Waals surface area contributed by atoms with E-state index in [0.717, 1.165) is 28.9 Å². The lowest BCUT2D eigenvalue weighted by atomic mass is 10.1. The maximum Gasteiger partial charge on any atom is 0.259 e. The van der Waals surface area contributed by atoms with Crippen molar-refractivity contribution in [1.82, 2.24) is 5.43 Å². The molecule has 1 amide bonds. The molecule has 23 heavy (non-hydrogen) atoms. The zero-order valence-electron chi connectivity index (χ0n) is 13.9. The van der Waals surface area contributed by atoms with Gasteiger partial charge in [-0.15, -0.1) is 0 Å². The summed E-state index contributed by atoms with van der Waals surface area (Å²) in [6, 6.07) is 16.0. The normalized spacial score (nSPS) is 11.2. The number of nitrogens with zero attached hydrogens (tertiary/aromatic N) is 1. The molecule has 4 nitrogen and oxygen atoms in total. The number of amides is 1. The van der Waals surface area contributed by atoms with E-state index in [1.54, 1.807) is 0 Å². The van der Waals surface area contributed by atoms with Gasteiger partial charge in [-0.05, 0) is 37.5 Å². The summed E-state index contributed by atoms with van der Waals surface area (Å²) in [5.41, 5.74) is 7.81. The van der Waals surface area contributed by atoms with Gasteiger partial charge < -0.3 is 5.32 Å². The van der Waals surface area contributed by atoms with Gasteiger partial charge in [-0.2, -0.15) is 5.10 Å². The second-order valence-corrected chi connectivity index (χ2v) is 5.48. The number of carbonyl (C=O) groups excluding carboxylic acids is 1. The number of benzene rings is 2. The fourth-order valence-electron chi connectivity index (χ4n) is 2.34. The first-order valence-electron chi connectivity index (χ1n) is 7.82. The lowest BCUT2D eigenvalue weighted by Crippen LogP contribution is -2.27. The average Bonchev–Trinajstić information content (AvgIpc) is 2.55. The van der Waals surface area contributed by atoms with Gasteiger partial charge in [0.1, 0.15) is 0 Å². The van der Waals surface area contributed by atoms with E-state index in [0.29, 0.717) is 0 Å². The van der Waals surface area contributed by atoms with Crippen LogP contribution in [0.2, 0.25) is 0 Å². The van der Waals surface area contributed by atoms with Gasteiger partial charge in [0, 0.05) is 5.69 Å². The quantitative estimate of drug-likeness (QED) is 0.632. The third-order valence-corrected chi connectivity index (χ3v) is 3.58. The van der Waals surface area contributed by atoms with E-state index in [4.69, 9.17) is 0 Å². The first-order chi connectivity index (χ1) is 11.1. The van der Waals surface area contributed by atoms with Gasteiger partial charge in [0.05, 0.1) is 12.3 Å². The van der Waals surface area contributed by atoms with Crippen molar-refractivity contribution in [3.63, 3.8) is 0 Å². The van der Waals surface area contributed by atoms with Crippen LogP contribution in [0.25, 0.3) is 0 Å². The highest BCUT2D eigenvalue weighted by atomic mass is 16.2. The summed E-state index contributed by atoms with van der Waals surface area (Å²) in [7, 11) is 0. The van der Waals surface area contributed by atoms with Crippen LogP contribution in [0.3, 0.4) is 0 Å². The van der Waals surface area contributed by atoms with E-state index >= 15 is 0 Å². The Kier molecular flexibility index (Phi) is 5.92. The van der Waals surface area contributed by atoms with Crippen LogP contribution < -0.4 is 10.7 Å². The fraction of sp³-hybridized carbons (Fsp3) is 0.263. The van der Waals surface area contributed by atoms with Crippen molar-refractivity contribution >= 4 is 17.3 Å². The van der Waals surface area contributed by atoms with Gasteiger partial charge in [0.2, 0.25) is 0 Å². The molecule has 2 N–H and O–H groups in total. The molecule has 0 aromatic heterocycles. The number of rotatable bonds is 6. The van der Waals surface area contributed by atoms with Crippen LogP contribution in [0.1, 0.15) is 30.0 Å². The number of aryl methyl sites for hydroxylation is 2. The third kappa shape index (κ3) is 4.95. The first kappa shape index (κ1) is 16.7. The van der Waals surface area contributed by atoms with Crippen molar-refractivity contribution in [3.05, 3.63) is 65.2 Å². The SMILES string of the molecule is CCC(=NNC(=O)CNc1ccc(C)cc1C)c1ccccc1. The Balaban J connectivity index is 1.92. The van der Waals surface area contributed by atoms with Gasteiger partial charge in [-0.25, -0.2) is 5.43 Å². The Bertz CT molecular complexity index is 693. The fourth-order valence-corrected chi connectivity index (χ4v) is 2.34. The molecule has 0 aliphatic rings. The molecule has 0 unspecified atom stereocenters. The van der Waals surface area contributed by atoms with Crippen LogP contribution in [-0.2, 0) is 4.79 Å². The highest BCUT2D eigenvalue weighted by Crippen LogP contribution is 2.15. The number of anilines is 1. The molecule has 0 saturated heterocycles. The number of hydrazone groups is 1. The van der Waals surface area contributed by atoms with Crippen molar-refractivity contribution in [2.75, 3.05) is 11.9 Å². The molecule has 4 heteroatoms. The summed E-state index contributed by atoms with van der Waals surface area (Å²) < 4.78 is 0. The van der Waals surface area contributed by atoms with Crippen molar-refractivity contribution in [3.8, 4) is 0 Å². The van der Waals surface area contributed by atoms with Gasteiger partial charge in [-0.3, -0.25) is 4.79 Å². The Labute approximate surface area is 137 Å². The van der Waals surface area contributed by atoms with Gasteiger partial charge in [0.25, 0.3) is 5.91 Å². The Hall–Kier alpha value is -2.62. The van der Waals surface area contributed by atoms with E-state index < -0.39 is 0 Å². The summed E-state index contributed by atoms with van der Waals surface area (Å²) in [4.78, 5) is 12.0. The number of hydrogen-bond acceptors (Lipinski definition) is 3. The minimum atomic E-state index is -0.160. The minimum Gasteiger partial charge on any atom is -0.376 e. The molecule has 0 saturated carbocycles. The summed E-state index contributed by atoms with van der Waals surface area (Å²) >= 11 is 0. The predicted molar refractivity (Wildman–Crippen MR) is 95.8 cm³/mol. The van der Waals surface area contributed by atoms with Crippen LogP contribution in [0, 0.1) is 13.8 Å². The van der Waals surface area contributed by atoms with Crippen LogP contribution in [0.5, 0.6) is 0 Å². The van der Waals surface area contributed by atoms with E-state index in [2.05, 4.69) is 21.9 Å². The highest BCUT2D eigenvalue weighted by molar-refractivity contribution is 6.00. The smallest absolute Gasteiger partial charge is 0.259 e. The van der Waals surface area contributed by atoms with E-state index in [9.17, 15) is 4.79 Å². The third-order valence-electron chi connectivity index (χ3n) is 3.58. The maximum atomic E-state index is 12.0. The summed E-state index contributed by atoms with van der Waals surface area (Å²) in [5, 5.41) is 7.38. The van der Waals surface area contributed by atoms with Crippen molar-refractivity contribution in [2.45, 2.75) is 27.2 Å². The van der Waals surface area contributed by atoms with Gasteiger partial charge >= 0.3 is 0 Å². The van der Waals surface area contributed by atoms with Crippen LogP contribution in [0.15, 0.2) is 53.6 Å². The number of hydrogen-bond donors (Lipinski definition) is 2. The van der Waals surface area contributed by atoms with Crippen LogP contribution >= 0.6 is 0 Å². The summed E-state index contributed by atoms with van der Waals surface area (Å²) in [6.45, 7) is 6.29. The molecule has 0 aliphatic heterocycles. The predicted octanol–water partition coefficient (Wildman–Crippen LogP) is 3.65. The second kappa shape index (κ2) is 8.13. The maximum absolute atomic E-state index is 12.0. The Morgan fingerprint density at radius 2 is 1.83 bits per heavy atom. The van der Waals surface area contributed by atoms with E-state index in [1.807, 2.05) is 63.2 Å². The molecule has 0 aliphatic carbocycles. The molecule has 120 valence electrons. The molecule has 2 aromatic carbocycles. The van der Waals surface area contributed by atoms with Crippen LogP contribution in [-0.4, -0.2) is 18.2 Å². The number of nitrogens with one attached hydrogen (secondary N) is 2. The lowest BCUT2D eigenvalue weighted by molar-refractivity contribution is -0.119. The number of carbonyl (C=O) groups is 1. The molecule has 0 bridgehead atoms. The lowest BCUT2D eigenvalue weighted by Gasteiger charge is -2.10. The molecule has 0 spiro atoms. The zero-order chi connectivity index (χ0) is 16.7. The van der Waals surface area contributed by atoms with Crippen molar-refractivity contribution < 1.29 is 4.79 Å². The first-order valence-corrected chi connectivity index (χ1v) is 7.82. The molecule has 0 fully saturated rings. The van der Waals surface area contributed by atoms with Gasteiger partial charge in [-0.1, -0.05) is 55.0 Å². The Morgan fingerprint density at radius 1 is 1.09 bits per heavy atom. The topological polar surface area (TPSA) is 53.5 Å².